The highest BCUT2D eigenvalue weighted by atomic mass is 14.9. The van der Waals surface area contributed by atoms with Crippen molar-refractivity contribution < 1.29 is 0 Å². The fourth-order valence-electron chi connectivity index (χ4n) is 0.881. The summed E-state index contributed by atoms with van der Waals surface area (Å²) in [6.07, 6.45) is 3.69. The lowest BCUT2D eigenvalue weighted by Crippen LogP contribution is -2.10. The third kappa shape index (κ3) is 2.01. The molecule has 2 N–H and O–H groups in total. The Morgan fingerprint density at radius 2 is 1.67 bits per heavy atom. The number of hydrogen-bond donors (Lipinski definition) is 1. The third-order valence-electron chi connectivity index (χ3n) is 1.77. The van der Waals surface area contributed by atoms with Gasteiger partial charge in [-0.15, -0.1) is 0 Å². The molecule has 1 rings (SSSR count). The number of aromatic nitrogens is 2. The van der Waals surface area contributed by atoms with E-state index in [9.17, 15) is 0 Å². The van der Waals surface area contributed by atoms with Gasteiger partial charge in [0.15, 0.2) is 0 Å². The maximum Gasteiger partial charge on any atom is 0.144 e. The molecule has 0 radical (unpaired) electrons. The first-order valence-corrected chi connectivity index (χ1v) is 4.18. The van der Waals surface area contributed by atoms with Crippen LogP contribution in [0.25, 0.3) is 0 Å². The number of hydrogen-bond acceptors (Lipinski definition) is 3. The van der Waals surface area contributed by atoms with Crippen molar-refractivity contribution in [3.05, 3.63) is 23.8 Å². The zero-order chi connectivity index (χ0) is 9.14. The molecule has 0 saturated heterocycles. The minimum absolute atomic E-state index is 0.0776. The molecule has 66 valence electrons. The van der Waals surface area contributed by atoms with E-state index in [4.69, 9.17) is 5.73 Å². The molecule has 0 saturated carbocycles. The van der Waals surface area contributed by atoms with E-state index in [1.165, 1.54) is 0 Å². The van der Waals surface area contributed by atoms with Crippen molar-refractivity contribution in [2.75, 3.05) is 0 Å². The first-order valence-electron chi connectivity index (χ1n) is 4.18. The van der Waals surface area contributed by atoms with Crippen LogP contribution in [0.3, 0.4) is 0 Å². The fourth-order valence-corrected chi connectivity index (χ4v) is 0.881. The SMILES string of the molecule is CC(C)c1cnc(C(C)N)nc1. The van der Waals surface area contributed by atoms with E-state index in [1.807, 2.05) is 19.3 Å². The number of nitrogens with zero attached hydrogens (tertiary/aromatic N) is 2. The third-order valence-corrected chi connectivity index (χ3v) is 1.77. The van der Waals surface area contributed by atoms with E-state index < -0.39 is 0 Å². The van der Waals surface area contributed by atoms with Crippen molar-refractivity contribution in [3.8, 4) is 0 Å². The summed E-state index contributed by atoms with van der Waals surface area (Å²) in [5.41, 5.74) is 6.77. The Bertz CT molecular complexity index is 211. The highest BCUT2D eigenvalue weighted by molar-refractivity contribution is 5.10. The summed E-state index contributed by atoms with van der Waals surface area (Å²) in [4.78, 5) is 8.33. The molecule has 1 heterocycles. The highest BCUT2D eigenvalue weighted by Crippen LogP contribution is 2.12. The Labute approximate surface area is 73.0 Å². The normalized spacial score (nSPS) is 13.4. The van der Waals surface area contributed by atoms with Gasteiger partial charge in [-0.3, -0.25) is 0 Å². The summed E-state index contributed by atoms with van der Waals surface area (Å²) >= 11 is 0. The Kier molecular flexibility index (Phi) is 2.76. The summed E-state index contributed by atoms with van der Waals surface area (Å²) in [6, 6.07) is -0.0776. The molecule has 0 bridgehead atoms. The molecule has 1 unspecified atom stereocenters. The van der Waals surface area contributed by atoms with Gasteiger partial charge in [0.05, 0.1) is 6.04 Å². The van der Waals surface area contributed by atoms with Crippen LogP contribution in [-0.4, -0.2) is 9.97 Å². The Morgan fingerprint density at radius 3 is 2.00 bits per heavy atom. The van der Waals surface area contributed by atoms with Crippen molar-refractivity contribution in [1.29, 1.82) is 0 Å². The van der Waals surface area contributed by atoms with Gasteiger partial charge in [-0.25, -0.2) is 9.97 Å². The Balaban J connectivity index is 2.86. The Hall–Kier alpha value is -0.960. The Morgan fingerprint density at radius 1 is 1.17 bits per heavy atom. The molecule has 0 aliphatic carbocycles. The van der Waals surface area contributed by atoms with Crippen LogP contribution in [0.15, 0.2) is 12.4 Å². The molecule has 0 aliphatic rings. The molecule has 0 spiro atoms. The van der Waals surface area contributed by atoms with E-state index in [-0.39, 0.29) is 6.04 Å². The molecule has 3 nitrogen and oxygen atoms in total. The molecule has 3 heteroatoms. The summed E-state index contributed by atoms with van der Waals surface area (Å²) in [6.45, 7) is 6.11. The summed E-state index contributed by atoms with van der Waals surface area (Å²) in [7, 11) is 0. The smallest absolute Gasteiger partial charge is 0.144 e. The molecular weight excluding hydrogens is 150 g/mol. The predicted molar refractivity (Wildman–Crippen MR) is 48.7 cm³/mol. The molecule has 12 heavy (non-hydrogen) atoms. The van der Waals surface area contributed by atoms with Gasteiger partial charge in [0.25, 0.3) is 0 Å². The fraction of sp³-hybridized carbons (Fsp3) is 0.556. The summed E-state index contributed by atoms with van der Waals surface area (Å²) in [5, 5.41) is 0. The van der Waals surface area contributed by atoms with Crippen LogP contribution in [0.4, 0.5) is 0 Å². The average Bonchev–Trinajstić information content (AvgIpc) is 2.04. The molecule has 0 amide bonds. The van der Waals surface area contributed by atoms with Gasteiger partial charge in [-0.05, 0) is 18.4 Å². The van der Waals surface area contributed by atoms with Gasteiger partial charge in [-0.2, -0.15) is 0 Å². The standard InChI is InChI=1S/C9H15N3/c1-6(2)8-4-11-9(7(3)10)12-5-8/h4-7H,10H2,1-3H3. The second-order valence-electron chi connectivity index (χ2n) is 3.32. The topological polar surface area (TPSA) is 51.8 Å². The predicted octanol–water partition coefficient (Wildman–Crippen LogP) is 1.62. The lowest BCUT2D eigenvalue weighted by atomic mass is 10.1. The van der Waals surface area contributed by atoms with Gasteiger partial charge in [0.1, 0.15) is 5.82 Å². The molecule has 1 aromatic rings. The summed E-state index contributed by atoms with van der Waals surface area (Å²) < 4.78 is 0. The van der Waals surface area contributed by atoms with Crippen molar-refractivity contribution in [2.24, 2.45) is 5.73 Å². The molecule has 0 aromatic carbocycles. The monoisotopic (exact) mass is 165 g/mol. The largest absolute Gasteiger partial charge is 0.322 e. The molecule has 1 atom stereocenters. The van der Waals surface area contributed by atoms with Crippen LogP contribution in [0, 0.1) is 0 Å². The van der Waals surface area contributed by atoms with Crippen LogP contribution in [0.5, 0.6) is 0 Å². The maximum atomic E-state index is 5.61. The molecule has 0 aliphatic heterocycles. The molecule has 1 aromatic heterocycles. The number of rotatable bonds is 2. The minimum atomic E-state index is -0.0776. The average molecular weight is 165 g/mol. The first-order chi connectivity index (χ1) is 5.61. The van der Waals surface area contributed by atoms with E-state index in [0.717, 1.165) is 5.56 Å². The van der Waals surface area contributed by atoms with Crippen LogP contribution in [-0.2, 0) is 0 Å². The van der Waals surface area contributed by atoms with Gasteiger partial charge < -0.3 is 5.73 Å². The van der Waals surface area contributed by atoms with Gasteiger partial charge >= 0.3 is 0 Å². The molecule has 0 fully saturated rings. The zero-order valence-corrected chi connectivity index (χ0v) is 7.78. The second kappa shape index (κ2) is 3.63. The van der Waals surface area contributed by atoms with Crippen LogP contribution in [0.2, 0.25) is 0 Å². The van der Waals surface area contributed by atoms with Gasteiger partial charge in [-0.1, -0.05) is 13.8 Å². The van der Waals surface area contributed by atoms with Crippen LogP contribution >= 0.6 is 0 Å². The van der Waals surface area contributed by atoms with Crippen molar-refractivity contribution in [3.63, 3.8) is 0 Å². The lowest BCUT2D eigenvalue weighted by Gasteiger charge is -2.06. The second-order valence-corrected chi connectivity index (χ2v) is 3.32. The van der Waals surface area contributed by atoms with Crippen LogP contribution < -0.4 is 5.73 Å². The quantitative estimate of drug-likeness (QED) is 0.724. The van der Waals surface area contributed by atoms with Crippen molar-refractivity contribution in [2.45, 2.75) is 32.7 Å². The van der Waals surface area contributed by atoms with Gasteiger partial charge in [0, 0.05) is 12.4 Å². The first kappa shape index (κ1) is 9.13. The minimum Gasteiger partial charge on any atom is -0.322 e. The van der Waals surface area contributed by atoms with Crippen molar-refractivity contribution in [1.82, 2.24) is 9.97 Å². The van der Waals surface area contributed by atoms with E-state index in [0.29, 0.717) is 11.7 Å². The van der Waals surface area contributed by atoms with Crippen LogP contribution in [0.1, 0.15) is 44.1 Å². The summed E-state index contributed by atoms with van der Waals surface area (Å²) in [5.74, 6) is 1.19. The highest BCUT2D eigenvalue weighted by Gasteiger charge is 2.03. The van der Waals surface area contributed by atoms with E-state index >= 15 is 0 Å². The maximum absolute atomic E-state index is 5.61. The zero-order valence-electron chi connectivity index (χ0n) is 7.78. The van der Waals surface area contributed by atoms with E-state index in [1.54, 1.807) is 0 Å². The van der Waals surface area contributed by atoms with Gasteiger partial charge in [0.2, 0.25) is 0 Å². The molecular formula is C9H15N3. The van der Waals surface area contributed by atoms with Crippen molar-refractivity contribution >= 4 is 0 Å². The van der Waals surface area contributed by atoms with E-state index in [2.05, 4.69) is 23.8 Å². The lowest BCUT2D eigenvalue weighted by molar-refractivity contribution is 0.726. The number of nitrogens with two attached hydrogens (primary N) is 1.